The van der Waals surface area contributed by atoms with E-state index in [1.54, 1.807) is 0 Å². The maximum Gasteiger partial charge on any atom is 0.149 e. The monoisotopic (exact) mass is 318 g/mol. The normalized spacial score (nSPS) is 10.2. The molecule has 0 heterocycles. The molecule has 0 amide bonds. The van der Waals surface area contributed by atoms with Gasteiger partial charge in [0.15, 0.2) is 0 Å². The number of phenolic OH excluding ortho intramolecular Hbond substituents is 1. The van der Waals surface area contributed by atoms with E-state index in [9.17, 15) is 5.11 Å². The van der Waals surface area contributed by atoms with Gasteiger partial charge in [0.2, 0.25) is 0 Å². The highest BCUT2D eigenvalue weighted by molar-refractivity contribution is 9.11. The number of rotatable bonds is 0. The van der Waals surface area contributed by atoms with E-state index in [0.29, 0.717) is 14.0 Å². The van der Waals surface area contributed by atoms with Crippen LogP contribution in [0.4, 0.5) is 0 Å². The topological polar surface area (TPSA) is 20.2 Å². The molecule has 1 nitrogen and oxygen atoms in total. The van der Waals surface area contributed by atoms with E-state index in [-0.39, 0.29) is 10.8 Å². The van der Waals surface area contributed by atoms with Crippen molar-refractivity contribution < 1.29 is 5.11 Å². The molecule has 1 N–H and O–H groups in total. The molecule has 1 rings (SSSR count). The van der Waals surface area contributed by atoms with E-state index in [2.05, 4.69) is 31.9 Å². The summed E-state index contributed by atoms with van der Waals surface area (Å²) in [5.41, 5.74) is 0. The van der Waals surface area contributed by atoms with Crippen molar-refractivity contribution in [3.63, 3.8) is 0 Å². The fraction of sp³-hybridized carbons (Fsp3) is 0. The van der Waals surface area contributed by atoms with Gasteiger partial charge in [-0.3, -0.25) is 0 Å². The molecule has 5 heteroatoms. The van der Waals surface area contributed by atoms with Crippen molar-refractivity contribution in [1.29, 1.82) is 0 Å². The van der Waals surface area contributed by atoms with Crippen LogP contribution in [0.15, 0.2) is 15.0 Å². The molecule has 0 aliphatic rings. The van der Waals surface area contributed by atoms with Crippen molar-refractivity contribution >= 4 is 55.1 Å². The largest absolute Gasteiger partial charge is 0.505 e. The van der Waals surface area contributed by atoms with Crippen molar-refractivity contribution in [3.05, 3.63) is 25.1 Å². The summed E-state index contributed by atoms with van der Waals surface area (Å²) in [6.07, 6.45) is 0. The van der Waals surface area contributed by atoms with Gasteiger partial charge in [-0.25, -0.2) is 0 Å². The average molecular weight is 321 g/mol. The first-order chi connectivity index (χ1) is 5.04. The van der Waals surface area contributed by atoms with Gasteiger partial charge in [-0.05, 0) is 37.9 Å². The molecule has 0 radical (unpaired) electrons. The molecule has 0 saturated carbocycles. The molecule has 11 heavy (non-hydrogen) atoms. The number of benzene rings is 1. The minimum atomic E-state index is -0.0418. The van der Waals surface area contributed by atoms with E-state index in [1.165, 1.54) is 6.07 Å². The van der Waals surface area contributed by atoms with Crippen LogP contribution in [-0.2, 0) is 0 Å². The van der Waals surface area contributed by atoms with E-state index >= 15 is 0 Å². The van der Waals surface area contributed by atoms with Crippen LogP contribution < -0.4 is 0 Å². The number of phenols is 1. The summed E-state index contributed by atoms with van der Waals surface area (Å²) >= 11 is 17.6. The molecule has 0 spiro atoms. The van der Waals surface area contributed by atoms with Crippen LogP contribution in [0.3, 0.4) is 0 Å². The summed E-state index contributed by atoms with van der Waals surface area (Å²) in [7, 11) is 0. The first kappa shape index (κ1) is 9.65. The fourth-order valence-corrected chi connectivity index (χ4v) is 2.27. The Morgan fingerprint density at radius 2 is 1.82 bits per heavy atom. The second kappa shape index (κ2) is 3.52. The van der Waals surface area contributed by atoms with Crippen LogP contribution in [0.1, 0.15) is 0 Å². The lowest BCUT2D eigenvalue weighted by Gasteiger charge is -2.03. The Labute approximate surface area is 90.6 Å². The van der Waals surface area contributed by atoms with Gasteiger partial charge in [-0.2, -0.15) is 0 Å². The average Bonchev–Trinajstić information content (AvgIpc) is 1.97. The van der Waals surface area contributed by atoms with Crippen molar-refractivity contribution in [2.45, 2.75) is 0 Å². The molecule has 0 unspecified atom stereocenters. The summed E-state index contributed by atoms with van der Waals surface area (Å²) in [5.74, 6) is -0.0418. The smallest absolute Gasteiger partial charge is 0.149 e. The Balaban J connectivity index is 3.46. The number of aromatic hydroxyl groups is 1. The van der Waals surface area contributed by atoms with Crippen molar-refractivity contribution in [3.8, 4) is 5.75 Å². The highest BCUT2D eigenvalue weighted by atomic mass is 79.9. The maximum atomic E-state index is 9.23. The third kappa shape index (κ3) is 1.83. The third-order valence-corrected chi connectivity index (χ3v) is 3.62. The summed E-state index contributed by atoms with van der Waals surface area (Å²) in [5, 5.41) is 9.89. The quantitative estimate of drug-likeness (QED) is 0.560. The van der Waals surface area contributed by atoms with Gasteiger partial charge in [0.05, 0.1) is 14.5 Å². The van der Waals surface area contributed by atoms with Gasteiger partial charge in [0.25, 0.3) is 0 Å². The molecule has 0 fully saturated rings. The molecule has 1 aromatic carbocycles. The Hall–Kier alpha value is 0.560. The minimum Gasteiger partial charge on any atom is -0.505 e. The Bertz CT molecular complexity index is 275. The van der Waals surface area contributed by atoms with Crippen LogP contribution in [0.2, 0.25) is 10.0 Å². The zero-order valence-electron chi connectivity index (χ0n) is 5.04. The molecule has 1 aromatic rings. The first-order valence-electron chi connectivity index (χ1n) is 2.56. The SMILES string of the molecule is Oc1c(Cl)cc(Br)c(Cl)c1Br. The zero-order chi connectivity index (χ0) is 8.59. The minimum absolute atomic E-state index is 0.0418. The van der Waals surface area contributed by atoms with Gasteiger partial charge in [-0.1, -0.05) is 23.2 Å². The van der Waals surface area contributed by atoms with E-state index in [1.807, 2.05) is 0 Å². The third-order valence-electron chi connectivity index (χ3n) is 1.09. The van der Waals surface area contributed by atoms with Crippen LogP contribution in [0.25, 0.3) is 0 Å². The molecule has 0 bridgehead atoms. The molecule has 0 atom stereocenters. The highest BCUT2D eigenvalue weighted by Crippen LogP contribution is 2.41. The second-order valence-corrected chi connectivity index (χ2v) is 4.25. The number of hydrogen-bond acceptors (Lipinski definition) is 1. The van der Waals surface area contributed by atoms with Crippen LogP contribution in [-0.4, -0.2) is 5.11 Å². The van der Waals surface area contributed by atoms with E-state index in [0.717, 1.165) is 0 Å². The Kier molecular flexibility index (Phi) is 3.09. The lowest BCUT2D eigenvalue weighted by atomic mass is 10.3. The summed E-state index contributed by atoms with van der Waals surface area (Å²) < 4.78 is 1.05. The molecule has 0 aromatic heterocycles. The Morgan fingerprint density at radius 3 is 2.36 bits per heavy atom. The lowest BCUT2D eigenvalue weighted by Crippen LogP contribution is -1.75. The van der Waals surface area contributed by atoms with Gasteiger partial charge >= 0.3 is 0 Å². The summed E-state index contributed by atoms with van der Waals surface area (Å²) in [6, 6.07) is 1.53. The van der Waals surface area contributed by atoms with Crippen LogP contribution >= 0.6 is 55.1 Å². The van der Waals surface area contributed by atoms with E-state index in [4.69, 9.17) is 23.2 Å². The van der Waals surface area contributed by atoms with Crippen LogP contribution in [0.5, 0.6) is 5.75 Å². The molecular weight excluding hydrogens is 319 g/mol. The van der Waals surface area contributed by atoms with Gasteiger partial charge in [0, 0.05) is 4.47 Å². The van der Waals surface area contributed by atoms with Crippen molar-refractivity contribution in [2.75, 3.05) is 0 Å². The van der Waals surface area contributed by atoms with E-state index < -0.39 is 0 Å². The number of halogens is 4. The summed E-state index contributed by atoms with van der Waals surface area (Å²) in [4.78, 5) is 0. The highest BCUT2D eigenvalue weighted by Gasteiger charge is 2.10. The second-order valence-electron chi connectivity index (χ2n) is 1.82. The maximum absolute atomic E-state index is 9.23. The van der Waals surface area contributed by atoms with Gasteiger partial charge in [0.1, 0.15) is 5.75 Å². The van der Waals surface area contributed by atoms with Crippen molar-refractivity contribution in [2.24, 2.45) is 0 Å². The molecule has 60 valence electrons. The van der Waals surface area contributed by atoms with Crippen molar-refractivity contribution in [1.82, 2.24) is 0 Å². The molecule has 0 aliphatic heterocycles. The standard InChI is InChI=1S/C6H2Br2Cl2O/c7-2-1-3(9)6(11)4(8)5(2)10/h1,11H. The fourth-order valence-electron chi connectivity index (χ4n) is 0.557. The van der Waals surface area contributed by atoms with Crippen LogP contribution in [0, 0.1) is 0 Å². The molecule has 0 aliphatic carbocycles. The first-order valence-corrected chi connectivity index (χ1v) is 4.90. The Morgan fingerprint density at radius 1 is 1.27 bits per heavy atom. The summed E-state index contributed by atoms with van der Waals surface area (Å²) in [6.45, 7) is 0. The lowest BCUT2D eigenvalue weighted by molar-refractivity contribution is 0.472. The zero-order valence-corrected chi connectivity index (χ0v) is 9.72. The predicted molar refractivity (Wildman–Crippen MR) is 53.5 cm³/mol. The molecule has 0 saturated heterocycles. The molecular formula is C6H2Br2Cl2O. The predicted octanol–water partition coefficient (Wildman–Crippen LogP) is 4.22. The van der Waals surface area contributed by atoms with Gasteiger partial charge < -0.3 is 5.11 Å². The number of hydrogen-bond donors (Lipinski definition) is 1. The van der Waals surface area contributed by atoms with Gasteiger partial charge in [-0.15, -0.1) is 0 Å².